The summed E-state index contributed by atoms with van der Waals surface area (Å²) in [7, 11) is 0. The number of hydrogen-bond acceptors (Lipinski definition) is 3. The van der Waals surface area contributed by atoms with E-state index in [0.29, 0.717) is 0 Å². The van der Waals surface area contributed by atoms with Crippen LogP contribution >= 0.6 is 0 Å². The molecule has 106 valence electrons. The maximum Gasteiger partial charge on any atom is 0.0687 e. The quantitative estimate of drug-likeness (QED) is 0.768. The predicted molar refractivity (Wildman–Crippen MR) is 71.4 cm³/mol. The summed E-state index contributed by atoms with van der Waals surface area (Å²) >= 11 is 0. The van der Waals surface area contributed by atoms with Gasteiger partial charge in [-0.05, 0) is 38.5 Å². The monoisotopic (exact) mass is 256 g/mol. The molecule has 2 aliphatic rings. The van der Waals surface area contributed by atoms with E-state index in [2.05, 4.69) is 6.92 Å². The zero-order valence-electron chi connectivity index (χ0n) is 11.7. The van der Waals surface area contributed by atoms with Crippen LogP contribution < -0.4 is 0 Å². The highest BCUT2D eigenvalue weighted by Gasteiger charge is 2.44. The molecule has 0 bridgehead atoms. The first-order chi connectivity index (χ1) is 8.67. The molecule has 3 nitrogen and oxygen atoms in total. The highest BCUT2D eigenvalue weighted by atomic mass is 16.5. The van der Waals surface area contributed by atoms with Crippen LogP contribution in [0.4, 0.5) is 0 Å². The molecule has 1 spiro atoms. The van der Waals surface area contributed by atoms with Crippen LogP contribution in [0.1, 0.15) is 64.7 Å². The van der Waals surface area contributed by atoms with Crippen molar-refractivity contribution in [1.29, 1.82) is 0 Å². The van der Waals surface area contributed by atoms with E-state index in [9.17, 15) is 10.2 Å². The first-order valence-electron chi connectivity index (χ1n) is 7.57. The normalized spacial score (nSPS) is 27.2. The van der Waals surface area contributed by atoms with Gasteiger partial charge in [-0.15, -0.1) is 0 Å². The van der Waals surface area contributed by atoms with E-state index in [4.69, 9.17) is 4.74 Å². The maximum absolute atomic E-state index is 9.61. The van der Waals surface area contributed by atoms with E-state index in [0.717, 1.165) is 25.7 Å². The molecule has 1 atom stereocenters. The second kappa shape index (κ2) is 5.89. The Bertz CT molecular complexity index is 254. The van der Waals surface area contributed by atoms with Gasteiger partial charge in [0.25, 0.3) is 0 Å². The minimum atomic E-state index is -0.330. The fourth-order valence-electron chi connectivity index (χ4n) is 3.88. The molecule has 1 aliphatic carbocycles. The molecular weight excluding hydrogens is 228 g/mol. The van der Waals surface area contributed by atoms with E-state index in [1.54, 1.807) is 0 Å². The van der Waals surface area contributed by atoms with Gasteiger partial charge in [-0.3, -0.25) is 0 Å². The van der Waals surface area contributed by atoms with Gasteiger partial charge in [0.2, 0.25) is 0 Å². The molecule has 1 heterocycles. The number of aliphatic hydroxyl groups is 2. The molecule has 0 radical (unpaired) electrons. The highest BCUT2D eigenvalue weighted by Crippen LogP contribution is 2.46. The van der Waals surface area contributed by atoms with Gasteiger partial charge in [-0.25, -0.2) is 0 Å². The lowest BCUT2D eigenvalue weighted by atomic mass is 9.79. The Hall–Kier alpha value is -0.120. The second-order valence-corrected chi connectivity index (χ2v) is 6.44. The lowest BCUT2D eigenvalue weighted by molar-refractivity contribution is -0.0707. The summed E-state index contributed by atoms with van der Waals surface area (Å²) in [6.07, 6.45) is 10.2. The molecule has 1 unspecified atom stereocenters. The van der Waals surface area contributed by atoms with Crippen LogP contribution in [-0.2, 0) is 4.74 Å². The predicted octanol–water partition coefficient (Wildman–Crippen LogP) is 2.64. The van der Waals surface area contributed by atoms with Crippen molar-refractivity contribution in [3.05, 3.63) is 0 Å². The summed E-state index contributed by atoms with van der Waals surface area (Å²) in [6.45, 7) is 2.25. The van der Waals surface area contributed by atoms with Crippen molar-refractivity contribution in [2.24, 2.45) is 5.41 Å². The van der Waals surface area contributed by atoms with Crippen molar-refractivity contribution in [3.63, 3.8) is 0 Å². The lowest BCUT2D eigenvalue weighted by Gasteiger charge is -2.33. The van der Waals surface area contributed by atoms with E-state index >= 15 is 0 Å². The summed E-state index contributed by atoms with van der Waals surface area (Å²) in [4.78, 5) is 0. The van der Waals surface area contributed by atoms with Gasteiger partial charge >= 0.3 is 0 Å². The van der Waals surface area contributed by atoms with Gasteiger partial charge in [0, 0.05) is 5.41 Å². The summed E-state index contributed by atoms with van der Waals surface area (Å²) in [5.74, 6) is 0. The minimum Gasteiger partial charge on any atom is -0.396 e. The van der Waals surface area contributed by atoms with E-state index in [1.807, 2.05) is 0 Å². The van der Waals surface area contributed by atoms with E-state index in [-0.39, 0.29) is 30.3 Å². The first kappa shape index (κ1) is 14.3. The average molecular weight is 256 g/mol. The summed E-state index contributed by atoms with van der Waals surface area (Å²) in [6, 6.07) is 0. The second-order valence-electron chi connectivity index (χ2n) is 6.44. The fraction of sp³-hybridized carbons (Fsp3) is 1.00. The standard InChI is InChI=1S/C15H28O3/c1-2-6-14(11-16,12-17)10-13-5-9-15(18-13)7-3-4-8-15/h13,16-17H,2-12H2,1H3. The van der Waals surface area contributed by atoms with Crippen LogP contribution in [0.25, 0.3) is 0 Å². The third-order valence-electron chi connectivity index (χ3n) is 4.97. The van der Waals surface area contributed by atoms with Crippen molar-refractivity contribution in [3.8, 4) is 0 Å². The zero-order chi connectivity index (χ0) is 13.1. The Morgan fingerprint density at radius 2 is 1.83 bits per heavy atom. The van der Waals surface area contributed by atoms with Crippen LogP contribution in [0.3, 0.4) is 0 Å². The van der Waals surface area contributed by atoms with Crippen molar-refractivity contribution >= 4 is 0 Å². The van der Waals surface area contributed by atoms with Crippen molar-refractivity contribution in [1.82, 2.24) is 0 Å². The Kier molecular flexibility index (Phi) is 4.68. The molecule has 0 aromatic heterocycles. The molecule has 0 amide bonds. The number of hydrogen-bond donors (Lipinski definition) is 2. The van der Waals surface area contributed by atoms with Crippen molar-refractivity contribution < 1.29 is 14.9 Å². The van der Waals surface area contributed by atoms with Crippen molar-refractivity contribution in [2.45, 2.75) is 76.4 Å². The molecule has 0 aromatic rings. The molecule has 1 saturated heterocycles. The molecule has 2 rings (SSSR count). The smallest absolute Gasteiger partial charge is 0.0687 e. The largest absolute Gasteiger partial charge is 0.396 e. The summed E-state index contributed by atoms with van der Waals surface area (Å²) in [5, 5.41) is 19.2. The summed E-state index contributed by atoms with van der Waals surface area (Å²) in [5.41, 5.74) is -0.170. The highest BCUT2D eigenvalue weighted by molar-refractivity contribution is 4.94. The van der Waals surface area contributed by atoms with Gasteiger partial charge in [-0.2, -0.15) is 0 Å². The van der Waals surface area contributed by atoms with Gasteiger partial charge in [0.15, 0.2) is 0 Å². The first-order valence-corrected chi connectivity index (χ1v) is 7.57. The van der Waals surface area contributed by atoms with Crippen LogP contribution in [0.2, 0.25) is 0 Å². The van der Waals surface area contributed by atoms with Gasteiger partial charge in [-0.1, -0.05) is 26.2 Å². The molecule has 3 heteroatoms. The van der Waals surface area contributed by atoms with Gasteiger partial charge in [0.1, 0.15) is 0 Å². The third kappa shape index (κ3) is 2.89. The Balaban J connectivity index is 1.92. The number of aliphatic hydroxyl groups excluding tert-OH is 2. The topological polar surface area (TPSA) is 49.7 Å². The Morgan fingerprint density at radius 1 is 1.17 bits per heavy atom. The maximum atomic E-state index is 9.61. The van der Waals surface area contributed by atoms with E-state index in [1.165, 1.54) is 32.1 Å². The van der Waals surface area contributed by atoms with Crippen LogP contribution in [0.15, 0.2) is 0 Å². The summed E-state index contributed by atoms with van der Waals surface area (Å²) < 4.78 is 6.29. The van der Waals surface area contributed by atoms with Crippen LogP contribution in [-0.4, -0.2) is 35.1 Å². The molecule has 18 heavy (non-hydrogen) atoms. The number of ether oxygens (including phenoxy) is 1. The number of rotatable bonds is 6. The van der Waals surface area contributed by atoms with Crippen LogP contribution in [0.5, 0.6) is 0 Å². The lowest BCUT2D eigenvalue weighted by Crippen LogP contribution is -2.35. The zero-order valence-corrected chi connectivity index (χ0v) is 11.7. The van der Waals surface area contributed by atoms with Crippen LogP contribution in [0, 0.1) is 5.41 Å². The Labute approximate surface area is 111 Å². The molecule has 0 aromatic carbocycles. The fourth-order valence-corrected chi connectivity index (χ4v) is 3.88. The molecule has 1 aliphatic heterocycles. The molecule has 2 N–H and O–H groups in total. The van der Waals surface area contributed by atoms with E-state index < -0.39 is 0 Å². The average Bonchev–Trinajstić information content (AvgIpc) is 3.00. The Morgan fingerprint density at radius 3 is 2.39 bits per heavy atom. The molecule has 2 fully saturated rings. The van der Waals surface area contributed by atoms with Gasteiger partial charge in [0.05, 0.1) is 24.9 Å². The third-order valence-corrected chi connectivity index (χ3v) is 4.97. The van der Waals surface area contributed by atoms with Gasteiger partial charge < -0.3 is 14.9 Å². The SMILES string of the molecule is CCCC(CO)(CO)CC1CCC2(CCCC2)O1. The molecular formula is C15H28O3. The molecule has 1 saturated carbocycles. The van der Waals surface area contributed by atoms with Crippen molar-refractivity contribution in [2.75, 3.05) is 13.2 Å². The minimum absolute atomic E-state index is 0.0736.